The zero-order chi connectivity index (χ0) is 24.9. The summed E-state index contributed by atoms with van der Waals surface area (Å²) in [6.45, 7) is 12.4. The van der Waals surface area contributed by atoms with Gasteiger partial charge in [0, 0.05) is 37.3 Å². The molecule has 2 atom stereocenters. The second kappa shape index (κ2) is 12.2. The Kier molecular flexibility index (Phi) is 9.82. The second-order valence-electron chi connectivity index (χ2n) is 10.3. The van der Waals surface area contributed by atoms with Crippen LogP contribution in [0, 0.1) is 11.8 Å². The molecular weight excluding hydrogens is 446 g/mol. The number of ether oxygens (including phenoxy) is 1. The highest BCUT2D eigenvalue weighted by molar-refractivity contribution is 5.98. The zero-order valence-corrected chi connectivity index (χ0v) is 21.1. The van der Waals surface area contributed by atoms with E-state index in [1.165, 1.54) is 7.11 Å². The molecule has 194 valence electrons. The van der Waals surface area contributed by atoms with Crippen LogP contribution >= 0.6 is 0 Å². The molecule has 0 bridgehead atoms. The minimum Gasteiger partial charge on any atom is -0.469 e. The third-order valence-electron chi connectivity index (χ3n) is 5.83. The molecule has 9 nitrogen and oxygen atoms in total. The van der Waals surface area contributed by atoms with Gasteiger partial charge in [-0.15, -0.1) is 0 Å². The number of amides is 1. The lowest BCUT2D eigenvalue weighted by Crippen LogP contribution is -2.53. The molecule has 3 heterocycles. The van der Waals surface area contributed by atoms with Crippen molar-refractivity contribution in [3.8, 4) is 0 Å². The van der Waals surface area contributed by atoms with Gasteiger partial charge in [0.15, 0.2) is 0 Å². The number of methoxy groups -OCH3 is 1. The molecule has 0 aliphatic carbocycles. The van der Waals surface area contributed by atoms with Crippen molar-refractivity contribution < 1.29 is 18.7 Å². The number of carbonyl (C=O) groups is 2. The first-order valence-electron chi connectivity index (χ1n) is 11.8. The van der Waals surface area contributed by atoms with Gasteiger partial charge in [-0.25, -0.2) is 9.97 Å². The van der Waals surface area contributed by atoms with Crippen molar-refractivity contribution in [1.82, 2.24) is 20.2 Å². The lowest BCUT2D eigenvalue weighted by Gasteiger charge is -2.38. The Morgan fingerprint density at radius 3 is 2.66 bits per heavy atom. The molecule has 1 aliphatic rings. The van der Waals surface area contributed by atoms with Crippen LogP contribution in [0.25, 0.3) is 0 Å². The summed E-state index contributed by atoms with van der Waals surface area (Å²) in [5, 5.41) is 6.57. The van der Waals surface area contributed by atoms with Gasteiger partial charge in [-0.1, -0.05) is 42.0 Å². The standard InChI is InChI=1S/C25H37N5O4.CH4/c1-16(2)15-30(18-10-17(11-26-12-18)23(32)33-6)22(31)20-14-28-24(25(3,4)5)29-21(20)27-13-19-8-7-9-34-19;/h7-9,14,16-18,26H,10-13,15H2,1-6H3,(H,27,28,29);1H4/t17-,18+;/m1./s1. The Hall–Kier alpha value is -2.94. The van der Waals surface area contributed by atoms with Crippen molar-refractivity contribution >= 4 is 17.7 Å². The predicted molar refractivity (Wildman–Crippen MR) is 136 cm³/mol. The minimum atomic E-state index is -0.290. The van der Waals surface area contributed by atoms with Crippen LogP contribution in [0.2, 0.25) is 0 Å². The second-order valence-corrected chi connectivity index (χ2v) is 10.3. The highest BCUT2D eigenvalue weighted by Gasteiger charge is 2.35. The van der Waals surface area contributed by atoms with E-state index in [2.05, 4.69) is 29.5 Å². The molecule has 1 fully saturated rings. The number of nitrogens with one attached hydrogen (secondary N) is 2. The van der Waals surface area contributed by atoms with Crippen molar-refractivity contribution in [3.05, 3.63) is 41.7 Å². The van der Waals surface area contributed by atoms with Crippen molar-refractivity contribution in [3.63, 3.8) is 0 Å². The van der Waals surface area contributed by atoms with Crippen LogP contribution in [0.15, 0.2) is 29.0 Å². The Labute approximate surface area is 209 Å². The molecule has 0 saturated carbocycles. The third-order valence-corrected chi connectivity index (χ3v) is 5.83. The first-order chi connectivity index (χ1) is 16.1. The number of rotatable bonds is 8. The fourth-order valence-corrected chi connectivity index (χ4v) is 4.07. The predicted octanol–water partition coefficient (Wildman–Crippen LogP) is 3.86. The van der Waals surface area contributed by atoms with E-state index < -0.39 is 0 Å². The molecule has 35 heavy (non-hydrogen) atoms. The fraction of sp³-hybridized carbons (Fsp3) is 0.615. The van der Waals surface area contributed by atoms with Gasteiger partial charge in [0.1, 0.15) is 23.0 Å². The van der Waals surface area contributed by atoms with E-state index >= 15 is 0 Å². The van der Waals surface area contributed by atoms with Crippen LogP contribution in [-0.2, 0) is 21.5 Å². The quantitative estimate of drug-likeness (QED) is 0.540. The fourth-order valence-electron chi connectivity index (χ4n) is 4.07. The molecule has 0 unspecified atom stereocenters. The minimum absolute atomic E-state index is 0. The number of anilines is 1. The largest absolute Gasteiger partial charge is 0.469 e. The van der Waals surface area contributed by atoms with Gasteiger partial charge in [0.25, 0.3) is 5.91 Å². The molecule has 2 aromatic heterocycles. The normalized spacial score (nSPS) is 18.0. The summed E-state index contributed by atoms with van der Waals surface area (Å²) in [5.74, 6) is 1.40. The van der Waals surface area contributed by atoms with E-state index in [0.29, 0.717) is 49.8 Å². The zero-order valence-electron chi connectivity index (χ0n) is 21.1. The summed E-state index contributed by atoms with van der Waals surface area (Å²) in [5.41, 5.74) is 0.127. The van der Waals surface area contributed by atoms with E-state index in [4.69, 9.17) is 14.1 Å². The molecule has 0 spiro atoms. The van der Waals surface area contributed by atoms with E-state index in [1.54, 1.807) is 12.5 Å². The number of esters is 1. The topological polar surface area (TPSA) is 110 Å². The van der Waals surface area contributed by atoms with Crippen molar-refractivity contribution in [2.75, 3.05) is 32.1 Å². The molecule has 1 saturated heterocycles. The Balaban J connectivity index is 0.00000432. The maximum Gasteiger partial charge on any atom is 0.310 e. The van der Waals surface area contributed by atoms with Gasteiger partial charge < -0.3 is 24.7 Å². The number of nitrogens with zero attached hydrogens (tertiary/aromatic N) is 3. The molecule has 2 N–H and O–H groups in total. The number of hydrogen-bond acceptors (Lipinski definition) is 8. The molecule has 3 rings (SSSR count). The summed E-state index contributed by atoms with van der Waals surface area (Å²) in [4.78, 5) is 37.2. The van der Waals surface area contributed by atoms with Crippen LogP contribution in [0.1, 0.15) is 70.4 Å². The van der Waals surface area contributed by atoms with Gasteiger partial charge in [-0.3, -0.25) is 9.59 Å². The lowest BCUT2D eigenvalue weighted by atomic mass is 9.93. The molecule has 9 heteroatoms. The first-order valence-corrected chi connectivity index (χ1v) is 11.8. The molecule has 1 amide bonds. The maximum atomic E-state index is 13.9. The SMILES string of the molecule is C.COC(=O)[C@H]1CNC[C@@H](N(CC(C)C)C(=O)c2cnc(C(C)(C)C)nc2NCc2ccco2)C1. The summed E-state index contributed by atoms with van der Waals surface area (Å²) < 4.78 is 10.4. The van der Waals surface area contributed by atoms with Crippen LogP contribution in [-0.4, -0.2) is 59.5 Å². The average molecular weight is 488 g/mol. The third kappa shape index (κ3) is 7.27. The Morgan fingerprint density at radius 2 is 2.06 bits per heavy atom. The summed E-state index contributed by atoms with van der Waals surface area (Å²) in [7, 11) is 1.40. The van der Waals surface area contributed by atoms with E-state index in [-0.39, 0.29) is 42.6 Å². The van der Waals surface area contributed by atoms with Gasteiger partial charge in [0.2, 0.25) is 0 Å². The van der Waals surface area contributed by atoms with Gasteiger partial charge in [-0.05, 0) is 24.5 Å². The number of aromatic nitrogens is 2. The van der Waals surface area contributed by atoms with Crippen molar-refractivity contribution in [2.45, 2.75) is 66.5 Å². The highest BCUT2D eigenvalue weighted by Crippen LogP contribution is 2.26. The number of carbonyl (C=O) groups excluding carboxylic acids is 2. The first kappa shape index (κ1) is 28.3. The summed E-state index contributed by atoms with van der Waals surface area (Å²) >= 11 is 0. The number of piperidine rings is 1. The van der Waals surface area contributed by atoms with Gasteiger partial charge in [-0.2, -0.15) is 0 Å². The number of furan rings is 1. The van der Waals surface area contributed by atoms with Crippen LogP contribution in [0.4, 0.5) is 5.82 Å². The van der Waals surface area contributed by atoms with E-state index in [9.17, 15) is 9.59 Å². The van der Waals surface area contributed by atoms with Crippen LogP contribution in [0.3, 0.4) is 0 Å². The lowest BCUT2D eigenvalue weighted by molar-refractivity contribution is -0.146. The van der Waals surface area contributed by atoms with E-state index in [1.807, 2.05) is 37.8 Å². The summed E-state index contributed by atoms with van der Waals surface area (Å²) in [6.07, 6.45) is 3.78. The van der Waals surface area contributed by atoms with Crippen molar-refractivity contribution in [2.24, 2.45) is 11.8 Å². The molecule has 0 radical (unpaired) electrons. The highest BCUT2D eigenvalue weighted by atomic mass is 16.5. The maximum absolute atomic E-state index is 13.9. The van der Waals surface area contributed by atoms with Crippen LogP contribution < -0.4 is 10.6 Å². The molecular formula is C26H41N5O4. The Morgan fingerprint density at radius 1 is 1.31 bits per heavy atom. The monoisotopic (exact) mass is 487 g/mol. The molecule has 1 aliphatic heterocycles. The van der Waals surface area contributed by atoms with Gasteiger partial charge >= 0.3 is 5.97 Å². The van der Waals surface area contributed by atoms with Crippen molar-refractivity contribution in [1.29, 1.82) is 0 Å². The van der Waals surface area contributed by atoms with Gasteiger partial charge in [0.05, 0.1) is 25.8 Å². The summed E-state index contributed by atoms with van der Waals surface area (Å²) in [6, 6.07) is 3.54. The van der Waals surface area contributed by atoms with Crippen LogP contribution in [0.5, 0.6) is 0 Å². The Bertz CT molecular complexity index is 969. The average Bonchev–Trinajstić information content (AvgIpc) is 3.33. The smallest absolute Gasteiger partial charge is 0.310 e. The van der Waals surface area contributed by atoms with E-state index in [0.717, 1.165) is 5.76 Å². The number of hydrogen-bond donors (Lipinski definition) is 2. The molecule has 2 aromatic rings. The molecule has 0 aromatic carbocycles.